The lowest BCUT2D eigenvalue weighted by Gasteiger charge is -2.47. The van der Waals surface area contributed by atoms with Crippen molar-refractivity contribution in [3.63, 3.8) is 0 Å². The summed E-state index contributed by atoms with van der Waals surface area (Å²) in [6.07, 6.45) is 7.46. The quantitative estimate of drug-likeness (QED) is 0.756. The molecule has 0 aromatic carbocycles. The zero-order valence-corrected chi connectivity index (χ0v) is 15.3. The maximum Gasteiger partial charge on any atom is 0.0144 e. The molecule has 1 unspecified atom stereocenters. The van der Waals surface area contributed by atoms with Crippen LogP contribution in [-0.4, -0.2) is 23.7 Å². The molecule has 2 nitrogen and oxygen atoms in total. The number of piperidine rings is 1. The SMILES string of the molecule is CC1=CCC(CCNC2CC(C)(C)NC(C)(C)C2)C1(C)C. The highest BCUT2D eigenvalue weighted by Crippen LogP contribution is 2.44. The number of hydrogen-bond acceptors (Lipinski definition) is 2. The maximum atomic E-state index is 3.85. The van der Waals surface area contributed by atoms with Crippen molar-refractivity contribution < 1.29 is 0 Å². The first-order valence-electron chi connectivity index (χ1n) is 8.72. The van der Waals surface area contributed by atoms with E-state index in [1.54, 1.807) is 5.57 Å². The molecule has 0 aromatic rings. The second-order valence-corrected chi connectivity index (χ2v) is 9.28. The van der Waals surface area contributed by atoms with Gasteiger partial charge in [0.05, 0.1) is 0 Å². The van der Waals surface area contributed by atoms with Gasteiger partial charge in [-0.2, -0.15) is 0 Å². The Morgan fingerprint density at radius 3 is 2.14 bits per heavy atom. The van der Waals surface area contributed by atoms with Crippen molar-refractivity contribution in [3.05, 3.63) is 11.6 Å². The Balaban J connectivity index is 1.82. The minimum Gasteiger partial charge on any atom is -0.314 e. The third kappa shape index (κ3) is 4.10. The molecule has 1 atom stereocenters. The van der Waals surface area contributed by atoms with E-state index in [9.17, 15) is 0 Å². The molecular weight excluding hydrogens is 256 g/mol. The molecule has 0 bridgehead atoms. The molecule has 2 N–H and O–H groups in total. The van der Waals surface area contributed by atoms with E-state index in [0.29, 0.717) is 11.5 Å². The Bertz CT molecular complexity index is 388. The van der Waals surface area contributed by atoms with E-state index in [-0.39, 0.29) is 11.1 Å². The summed E-state index contributed by atoms with van der Waals surface area (Å²) in [4.78, 5) is 0. The summed E-state index contributed by atoms with van der Waals surface area (Å²) >= 11 is 0. The summed E-state index contributed by atoms with van der Waals surface area (Å²) in [5, 5.41) is 7.61. The first-order valence-corrected chi connectivity index (χ1v) is 8.72. The van der Waals surface area contributed by atoms with Crippen LogP contribution in [0.15, 0.2) is 11.6 Å². The van der Waals surface area contributed by atoms with Crippen LogP contribution in [0.3, 0.4) is 0 Å². The van der Waals surface area contributed by atoms with Crippen molar-refractivity contribution in [1.82, 2.24) is 10.6 Å². The van der Waals surface area contributed by atoms with Crippen molar-refractivity contribution in [3.8, 4) is 0 Å². The lowest BCUT2D eigenvalue weighted by atomic mass is 9.76. The van der Waals surface area contributed by atoms with E-state index < -0.39 is 0 Å². The van der Waals surface area contributed by atoms with Crippen LogP contribution in [0.1, 0.15) is 74.1 Å². The third-order valence-corrected chi connectivity index (χ3v) is 5.86. The van der Waals surface area contributed by atoms with Crippen molar-refractivity contribution in [2.45, 2.75) is 91.3 Å². The van der Waals surface area contributed by atoms with Gasteiger partial charge in [-0.3, -0.25) is 0 Å². The number of rotatable bonds is 4. The highest BCUT2D eigenvalue weighted by molar-refractivity contribution is 5.18. The van der Waals surface area contributed by atoms with Crippen molar-refractivity contribution in [2.24, 2.45) is 11.3 Å². The fraction of sp³-hybridized carbons (Fsp3) is 0.895. The highest BCUT2D eigenvalue weighted by atomic mass is 15.1. The summed E-state index contributed by atoms with van der Waals surface area (Å²) in [6, 6.07) is 0.648. The van der Waals surface area contributed by atoms with Gasteiger partial charge in [0.15, 0.2) is 0 Å². The van der Waals surface area contributed by atoms with Crippen LogP contribution in [0.25, 0.3) is 0 Å². The Kier molecular flexibility index (Phi) is 4.62. The minimum absolute atomic E-state index is 0.240. The summed E-state index contributed by atoms with van der Waals surface area (Å²) in [5.41, 5.74) is 2.46. The molecule has 1 aliphatic carbocycles. The van der Waals surface area contributed by atoms with Crippen LogP contribution in [0.2, 0.25) is 0 Å². The summed E-state index contributed by atoms with van der Waals surface area (Å²) in [6.45, 7) is 17.6. The van der Waals surface area contributed by atoms with Crippen LogP contribution >= 0.6 is 0 Å². The van der Waals surface area contributed by atoms with Gasteiger partial charge in [0.1, 0.15) is 0 Å². The Hall–Kier alpha value is -0.340. The van der Waals surface area contributed by atoms with Crippen LogP contribution in [0, 0.1) is 11.3 Å². The van der Waals surface area contributed by atoms with Crippen molar-refractivity contribution >= 4 is 0 Å². The fourth-order valence-electron chi connectivity index (χ4n) is 4.61. The zero-order chi connectivity index (χ0) is 15.9. The largest absolute Gasteiger partial charge is 0.314 e. The van der Waals surface area contributed by atoms with Crippen LogP contribution in [0.5, 0.6) is 0 Å². The molecule has 2 heteroatoms. The number of allylic oxidation sites excluding steroid dienone is 2. The zero-order valence-electron chi connectivity index (χ0n) is 15.3. The van der Waals surface area contributed by atoms with Crippen molar-refractivity contribution in [1.29, 1.82) is 0 Å². The summed E-state index contributed by atoms with van der Waals surface area (Å²) in [7, 11) is 0. The average Bonchev–Trinajstić information content (AvgIpc) is 2.51. The number of nitrogens with one attached hydrogen (secondary N) is 2. The second kappa shape index (κ2) is 5.70. The van der Waals surface area contributed by atoms with Gasteiger partial charge in [-0.15, -0.1) is 0 Å². The molecule has 0 spiro atoms. The molecule has 1 aliphatic heterocycles. The van der Waals surface area contributed by atoms with Gasteiger partial charge in [0, 0.05) is 17.1 Å². The molecule has 0 aromatic heterocycles. The highest BCUT2D eigenvalue weighted by Gasteiger charge is 2.38. The van der Waals surface area contributed by atoms with Crippen LogP contribution in [-0.2, 0) is 0 Å². The fourth-order valence-corrected chi connectivity index (χ4v) is 4.61. The van der Waals surface area contributed by atoms with Gasteiger partial charge in [-0.1, -0.05) is 25.5 Å². The molecule has 1 saturated heterocycles. The van der Waals surface area contributed by atoms with E-state index in [0.717, 1.165) is 12.5 Å². The molecule has 1 fully saturated rings. The topological polar surface area (TPSA) is 24.1 Å². The van der Waals surface area contributed by atoms with Crippen LogP contribution < -0.4 is 10.6 Å². The van der Waals surface area contributed by atoms with E-state index in [4.69, 9.17) is 0 Å². The van der Waals surface area contributed by atoms with E-state index >= 15 is 0 Å². The first kappa shape index (κ1) is 17.0. The Labute approximate surface area is 132 Å². The Morgan fingerprint density at radius 2 is 1.67 bits per heavy atom. The minimum atomic E-state index is 0.240. The third-order valence-electron chi connectivity index (χ3n) is 5.86. The van der Waals surface area contributed by atoms with Crippen molar-refractivity contribution in [2.75, 3.05) is 6.54 Å². The smallest absolute Gasteiger partial charge is 0.0144 e. The van der Waals surface area contributed by atoms with E-state index in [1.165, 1.54) is 25.7 Å². The maximum absolute atomic E-state index is 3.85. The van der Waals surface area contributed by atoms with Gasteiger partial charge in [-0.25, -0.2) is 0 Å². The molecule has 122 valence electrons. The lowest BCUT2D eigenvalue weighted by Crippen LogP contribution is -2.61. The predicted octanol–water partition coefficient (Wildman–Crippen LogP) is 4.27. The standard InChI is InChI=1S/C19H36N2/c1-14-8-9-15(19(14,6)7)10-11-20-16-12-17(2,3)21-18(4,5)13-16/h8,15-16,20-21H,9-13H2,1-7H3. The van der Waals surface area contributed by atoms with Gasteiger partial charge in [0.2, 0.25) is 0 Å². The molecule has 1 heterocycles. The van der Waals surface area contributed by atoms with Crippen LogP contribution in [0.4, 0.5) is 0 Å². The van der Waals surface area contributed by atoms with Gasteiger partial charge in [-0.05, 0) is 78.2 Å². The molecule has 0 radical (unpaired) electrons. The van der Waals surface area contributed by atoms with E-state index in [1.807, 2.05) is 0 Å². The van der Waals surface area contributed by atoms with Gasteiger partial charge >= 0.3 is 0 Å². The normalized spacial score (nSPS) is 31.2. The number of hydrogen-bond donors (Lipinski definition) is 2. The van der Waals surface area contributed by atoms with Gasteiger partial charge < -0.3 is 10.6 Å². The first-order chi connectivity index (χ1) is 9.52. The van der Waals surface area contributed by atoms with E-state index in [2.05, 4.69) is 65.2 Å². The Morgan fingerprint density at radius 1 is 1.10 bits per heavy atom. The summed E-state index contributed by atoms with van der Waals surface area (Å²) < 4.78 is 0. The summed E-state index contributed by atoms with van der Waals surface area (Å²) in [5.74, 6) is 0.813. The van der Waals surface area contributed by atoms with Gasteiger partial charge in [0.25, 0.3) is 0 Å². The monoisotopic (exact) mass is 292 g/mol. The second-order valence-electron chi connectivity index (χ2n) is 9.28. The predicted molar refractivity (Wildman–Crippen MR) is 92.6 cm³/mol. The molecule has 2 rings (SSSR count). The molecule has 0 saturated carbocycles. The molecule has 2 aliphatic rings. The average molecular weight is 293 g/mol. The lowest BCUT2D eigenvalue weighted by molar-refractivity contribution is 0.143. The molecule has 21 heavy (non-hydrogen) atoms. The molecule has 0 amide bonds. The molecular formula is C19H36N2.